The van der Waals surface area contributed by atoms with Gasteiger partial charge in [-0.15, -0.1) is 0 Å². The van der Waals surface area contributed by atoms with Crippen LogP contribution in [0.15, 0.2) is 24.5 Å². The highest BCUT2D eigenvalue weighted by Gasteiger charge is 2.39. The number of nitrogens with zero attached hydrogens (tertiary/aromatic N) is 4. The molecule has 1 fully saturated rings. The monoisotopic (exact) mass is 559 g/mol. The Labute approximate surface area is 222 Å². The average molecular weight is 560 g/mol. The molecule has 4 rings (SSSR count). The molecule has 0 spiro atoms. The van der Waals surface area contributed by atoms with E-state index in [0.29, 0.717) is 43.2 Å². The summed E-state index contributed by atoms with van der Waals surface area (Å²) in [6.45, 7) is 6.52. The minimum atomic E-state index is -5.01. The van der Waals surface area contributed by atoms with E-state index in [4.69, 9.17) is 0 Å². The van der Waals surface area contributed by atoms with Crippen LogP contribution in [0.1, 0.15) is 73.1 Å². The van der Waals surface area contributed by atoms with E-state index >= 15 is 0 Å². The van der Waals surface area contributed by atoms with Crippen molar-refractivity contribution in [2.45, 2.75) is 63.5 Å². The van der Waals surface area contributed by atoms with Crippen molar-refractivity contribution in [3.8, 4) is 0 Å². The molecule has 214 valence electrons. The number of aliphatic hydroxyl groups excluding tert-OH is 1. The molecule has 7 nitrogen and oxygen atoms in total. The normalized spacial score (nSPS) is 20.9. The summed E-state index contributed by atoms with van der Waals surface area (Å²) in [5.41, 5.74) is -1.81. The van der Waals surface area contributed by atoms with Crippen LogP contribution in [0.25, 0.3) is 0 Å². The molecule has 1 aliphatic carbocycles. The van der Waals surface area contributed by atoms with Crippen LogP contribution in [0.5, 0.6) is 0 Å². The Morgan fingerprint density at radius 3 is 2.15 bits per heavy atom. The number of alkyl halides is 6. The molecule has 3 atom stereocenters. The molecular weight excluding hydrogens is 528 g/mol. The first-order valence-electron chi connectivity index (χ1n) is 12.8. The number of aliphatic hydroxyl groups is 1. The van der Waals surface area contributed by atoms with E-state index in [0.717, 1.165) is 5.56 Å². The van der Waals surface area contributed by atoms with E-state index in [1.165, 1.54) is 11.2 Å². The summed E-state index contributed by atoms with van der Waals surface area (Å²) in [5, 5.41) is 13.3. The van der Waals surface area contributed by atoms with Crippen LogP contribution < -0.4 is 10.2 Å². The second-order valence-electron chi connectivity index (χ2n) is 10.4. The SMILES string of the molecule is CC(C)NCC(C(=O)N1CCN(c2ncnc3c2C(C)CC3O)CC1)c1cc(C(F)(F)F)cc(C(F)(F)F)c1. The van der Waals surface area contributed by atoms with Gasteiger partial charge in [0.25, 0.3) is 0 Å². The van der Waals surface area contributed by atoms with Crippen molar-refractivity contribution in [2.24, 2.45) is 0 Å². The maximum Gasteiger partial charge on any atom is 0.416 e. The molecule has 13 heteroatoms. The molecule has 0 radical (unpaired) electrons. The Morgan fingerprint density at radius 2 is 1.62 bits per heavy atom. The zero-order valence-corrected chi connectivity index (χ0v) is 21.8. The number of anilines is 1. The lowest BCUT2D eigenvalue weighted by molar-refractivity contribution is -0.143. The number of halogens is 6. The zero-order valence-electron chi connectivity index (χ0n) is 21.8. The first-order chi connectivity index (χ1) is 18.2. The lowest BCUT2D eigenvalue weighted by atomic mass is 9.92. The van der Waals surface area contributed by atoms with Gasteiger partial charge in [0.1, 0.15) is 12.1 Å². The molecule has 2 heterocycles. The van der Waals surface area contributed by atoms with E-state index in [-0.39, 0.29) is 43.2 Å². The van der Waals surface area contributed by atoms with Crippen molar-refractivity contribution in [1.82, 2.24) is 20.2 Å². The average Bonchev–Trinajstić information content (AvgIpc) is 3.16. The Bertz CT molecular complexity index is 1160. The molecule has 2 aliphatic rings. The molecule has 2 aromatic rings. The van der Waals surface area contributed by atoms with Gasteiger partial charge in [0, 0.05) is 44.3 Å². The number of nitrogens with one attached hydrogen (secondary N) is 1. The van der Waals surface area contributed by atoms with E-state index in [2.05, 4.69) is 15.3 Å². The number of hydrogen-bond acceptors (Lipinski definition) is 6. The standard InChI is InChI=1S/C26H31F6N5O2/c1-14(2)33-12-19(16-9-17(25(27,28)29)11-18(10-16)26(30,31)32)24(39)37-6-4-36(5-7-37)23-21-15(3)8-20(38)22(21)34-13-35-23/h9-11,13-15,19-20,33,38H,4-8,12H2,1-3H3. The summed E-state index contributed by atoms with van der Waals surface area (Å²) in [5.74, 6) is -1.09. The van der Waals surface area contributed by atoms with Crippen molar-refractivity contribution < 1.29 is 36.2 Å². The van der Waals surface area contributed by atoms with E-state index in [1.807, 2.05) is 11.8 Å². The summed E-state index contributed by atoms with van der Waals surface area (Å²) in [4.78, 5) is 25.7. The van der Waals surface area contributed by atoms with Gasteiger partial charge in [-0.05, 0) is 36.1 Å². The Morgan fingerprint density at radius 1 is 1.03 bits per heavy atom. The minimum Gasteiger partial charge on any atom is -0.387 e. The topological polar surface area (TPSA) is 81.6 Å². The Hall–Kier alpha value is -2.93. The molecule has 1 aliphatic heterocycles. The fourth-order valence-electron chi connectivity index (χ4n) is 5.19. The summed E-state index contributed by atoms with van der Waals surface area (Å²) in [6.07, 6.45) is -8.79. The summed E-state index contributed by atoms with van der Waals surface area (Å²) in [6, 6.07) is 1.18. The third-order valence-corrected chi connectivity index (χ3v) is 7.21. The number of amides is 1. The summed E-state index contributed by atoms with van der Waals surface area (Å²) >= 11 is 0. The molecule has 1 saturated heterocycles. The molecule has 1 aromatic carbocycles. The third-order valence-electron chi connectivity index (χ3n) is 7.21. The van der Waals surface area contributed by atoms with E-state index < -0.39 is 41.4 Å². The predicted molar refractivity (Wildman–Crippen MR) is 131 cm³/mol. The highest BCUT2D eigenvalue weighted by Crippen LogP contribution is 2.43. The van der Waals surface area contributed by atoms with Gasteiger partial charge >= 0.3 is 12.4 Å². The molecule has 39 heavy (non-hydrogen) atoms. The van der Waals surface area contributed by atoms with Gasteiger partial charge in [0.05, 0.1) is 28.8 Å². The van der Waals surface area contributed by atoms with Crippen LogP contribution >= 0.6 is 0 Å². The molecule has 1 aromatic heterocycles. The highest BCUT2D eigenvalue weighted by molar-refractivity contribution is 5.84. The maximum absolute atomic E-state index is 13.6. The van der Waals surface area contributed by atoms with Gasteiger partial charge in [-0.2, -0.15) is 26.3 Å². The predicted octanol–water partition coefficient (Wildman–Crippen LogP) is 4.49. The Balaban J connectivity index is 1.59. The number of hydrogen-bond donors (Lipinski definition) is 2. The van der Waals surface area contributed by atoms with Crippen molar-refractivity contribution in [3.05, 3.63) is 52.5 Å². The van der Waals surface area contributed by atoms with Crippen molar-refractivity contribution in [3.63, 3.8) is 0 Å². The number of piperazine rings is 1. The molecule has 1 amide bonds. The van der Waals surface area contributed by atoms with Gasteiger partial charge in [-0.3, -0.25) is 4.79 Å². The highest BCUT2D eigenvalue weighted by atomic mass is 19.4. The van der Waals surface area contributed by atoms with Crippen LogP contribution in [0, 0.1) is 0 Å². The van der Waals surface area contributed by atoms with Gasteiger partial charge in [-0.25, -0.2) is 9.97 Å². The maximum atomic E-state index is 13.6. The van der Waals surface area contributed by atoms with Crippen LogP contribution in [0.4, 0.5) is 32.2 Å². The number of aromatic nitrogens is 2. The molecule has 3 unspecified atom stereocenters. The smallest absolute Gasteiger partial charge is 0.387 e. The second-order valence-corrected chi connectivity index (χ2v) is 10.4. The molecule has 0 saturated carbocycles. The third kappa shape index (κ3) is 6.29. The fraction of sp³-hybridized carbons (Fsp3) is 0.577. The number of benzene rings is 1. The van der Waals surface area contributed by atoms with Crippen molar-refractivity contribution in [1.29, 1.82) is 0 Å². The number of rotatable bonds is 6. The van der Waals surface area contributed by atoms with Crippen LogP contribution in [-0.2, 0) is 17.1 Å². The van der Waals surface area contributed by atoms with Crippen molar-refractivity contribution >= 4 is 11.7 Å². The summed E-state index contributed by atoms with van der Waals surface area (Å²) in [7, 11) is 0. The largest absolute Gasteiger partial charge is 0.416 e. The number of carbonyl (C=O) groups excluding carboxylic acids is 1. The number of carbonyl (C=O) groups is 1. The van der Waals surface area contributed by atoms with Gasteiger partial charge in [0.2, 0.25) is 5.91 Å². The lowest BCUT2D eigenvalue weighted by Gasteiger charge is -2.38. The van der Waals surface area contributed by atoms with Crippen molar-refractivity contribution in [2.75, 3.05) is 37.6 Å². The van der Waals surface area contributed by atoms with E-state index in [1.54, 1.807) is 13.8 Å². The van der Waals surface area contributed by atoms with Gasteiger partial charge in [-0.1, -0.05) is 20.8 Å². The van der Waals surface area contributed by atoms with Gasteiger partial charge in [0.15, 0.2) is 0 Å². The zero-order chi connectivity index (χ0) is 28.7. The number of fused-ring (bicyclic) bond motifs is 1. The van der Waals surface area contributed by atoms with E-state index in [9.17, 15) is 36.2 Å². The van der Waals surface area contributed by atoms with Crippen LogP contribution in [0.2, 0.25) is 0 Å². The minimum absolute atomic E-state index is 0.0427. The quantitative estimate of drug-likeness (QED) is 0.508. The van der Waals surface area contributed by atoms with Crippen LogP contribution in [-0.4, -0.2) is 64.6 Å². The lowest BCUT2D eigenvalue weighted by Crippen LogP contribution is -2.51. The molecule has 2 N–H and O–H groups in total. The summed E-state index contributed by atoms with van der Waals surface area (Å²) < 4.78 is 81.1. The second kappa shape index (κ2) is 10.9. The first kappa shape index (κ1) is 29.1. The fourth-order valence-corrected chi connectivity index (χ4v) is 5.19. The molecular formula is C26H31F6N5O2. The molecule has 0 bridgehead atoms. The van der Waals surface area contributed by atoms with Gasteiger partial charge < -0.3 is 20.2 Å². The first-order valence-corrected chi connectivity index (χ1v) is 12.8. The van der Waals surface area contributed by atoms with Crippen LogP contribution in [0.3, 0.4) is 0 Å². The Kier molecular flexibility index (Phi) is 8.13.